The van der Waals surface area contributed by atoms with E-state index >= 15 is 0 Å². The number of rotatable bonds is 6. The SMILES string of the molecule is Cc1nn(Cc2ccc(Cl)cc2Cl)c(C)c1NC(=S)Nc1ccn(Cc2c(F)c(F)c(F)c(F)c2F)n1. The van der Waals surface area contributed by atoms with Gasteiger partial charge in [0.15, 0.2) is 34.2 Å². The van der Waals surface area contributed by atoms with E-state index in [1.807, 2.05) is 13.0 Å². The molecule has 37 heavy (non-hydrogen) atoms. The summed E-state index contributed by atoms with van der Waals surface area (Å²) in [5.41, 5.74) is 1.88. The van der Waals surface area contributed by atoms with Crippen LogP contribution in [0.4, 0.5) is 33.5 Å². The third-order valence-corrected chi connectivity index (χ3v) is 6.25. The van der Waals surface area contributed by atoms with Gasteiger partial charge in [-0.1, -0.05) is 29.3 Å². The highest BCUT2D eigenvalue weighted by Crippen LogP contribution is 2.26. The molecule has 2 aromatic carbocycles. The Morgan fingerprint density at radius 1 is 0.892 bits per heavy atom. The summed E-state index contributed by atoms with van der Waals surface area (Å²) in [7, 11) is 0. The van der Waals surface area contributed by atoms with Crippen LogP contribution in [0.1, 0.15) is 22.5 Å². The Morgan fingerprint density at radius 3 is 2.19 bits per heavy atom. The molecule has 0 spiro atoms. The standard InChI is InChI=1S/C23H17Cl2F5N6S/c1-10-22(11(2)36(33-10)8-12-3-4-13(24)7-15(12)25)32-23(37)31-16-5-6-35(34-16)9-14-17(26)19(28)21(30)20(29)18(14)27/h3-7H,8-9H2,1-2H3,(H2,31,32,34,37). The molecule has 14 heteroatoms. The van der Waals surface area contributed by atoms with Crippen LogP contribution in [0.2, 0.25) is 10.0 Å². The molecule has 0 unspecified atom stereocenters. The summed E-state index contributed by atoms with van der Waals surface area (Å²) in [6.45, 7) is 3.34. The van der Waals surface area contributed by atoms with Crippen molar-refractivity contribution >= 4 is 52.0 Å². The molecule has 4 aromatic rings. The van der Waals surface area contributed by atoms with Crippen LogP contribution in [0.5, 0.6) is 0 Å². The normalized spacial score (nSPS) is 11.2. The molecule has 194 valence electrons. The molecule has 0 aliphatic heterocycles. The minimum Gasteiger partial charge on any atom is -0.329 e. The minimum atomic E-state index is -2.22. The van der Waals surface area contributed by atoms with Gasteiger partial charge in [0.05, 0.1) is 35.7 Å². The van der Waals surface area contributed by atoms with Crippen molar-refractivity contribution in [1.29, 1.82) is 0 Å². The first-order chi connectivity index (χ1) is 17.5. The fourth-order valence-electron chi connectivity index (χ4n) is 3.57. The molecule has 2 heterocycles. The van der Waals surface area contributed by atoms with Crippen molar-refractivity contribution < 1.29 is 22.0 Å². The Kier molecular flexibility index (Phi) is 7.72. The Bertz CT molecular complexity index is 1490. The van der Waals surface area contributed by atoms with Crippen molar-refractivity contribution in [2.24, 2.45) is 0 Å². The number of anilines is 2. The van der Waals surface area contributed by atoms with E-state index in [0.717, 1.165) is 15.9 Å². The van der Waals surface area contributed by atoms with E-state index in [2.05, 4.69) is 20.8 Å². The van der Waals surface area contributed by atoms with Crippen molar-refractivity contribution in [3.05, 3.63) is 92.1 Å². The number of hydrogen-bond donors (Lipinski definition) is 2. The number of nitrogens with zero attached hydrogens (tertiary/aromatic N) is 4. The van der Waals surface area contributed by atoms with E-state index in [1.165, 1.54) is 12.3 Å². The molecule has 0 saturated carbocycles. The maximum absolute atomic E-state index is 14.0. The molecule has 4 rings (SSSR count). The van der Waals surface area contributed by atoms with Gasteiger partial charge in [0.25, 0.3) is 0 Å². The predicted octanol–water partition coefficient (Wildman–Crippen LogP) is 6.60. The zero-order chi connectivity index (χ0) is 27.0. The summed E-state index contributed by atoms with van der Waals surface area (Å²) < 4.78 is 70.9. The van der Waals surface area contributed by atoms with Gasteiger partial charge in [-0.2, -0.15) is 10.2 Å². The van der Waals surface area contributed by atoms with Gasteiger partial charge >= 0.3 is 0 Å². The second kappa shape index (κ2) is 10.6. The van der Waals surface area contributed by atoms with Gasteiger partial charge < -0.3 is 10.6 Å². The summed E-state index contributed by atoms with van der Waals surface area (Å²) in [4.78, 5) is 0. The number of nitrogens with one attached hydrogen (secondary N) is 2. The number of hydrogen-bond acceptors (Lipinski definition) is 3. The van der Waals surface area contributed by atoms with E-state index in [9.17, 15) is 22.0 Å². The minimum absolute atomic E-state index is 0.136. The number of halogens is 7. The van der Waals surface area contributed by atoms with Gasteiger partial charge in [0, 0.05) is 22.3 Å². The molecule has 2 aromatic heterocycles. The van der Waals surface area contributed by atoms with Gasteiger partial charge in [-0.25, -0.2) is 22.0 Å². The van der Waals surface area contributed by atoms with E-state index in [1.54, 1.807) is 23.7 Å². The third-order valence-electron chi connectivity index (χ3n) is 5.46. The van der Waals surface area contributed by atoms with Gasteiger partial charge in [-0.15, -0.1) is 0 Å². The van der Waals surface area contributed by atoms with Crippen molar-refractivity contribution in [2.45, 2.75) is 26.9 Å². The first-order valence-corrected chi connectivity index (χ1v) is 11.7. The van der Waals surface area contributed by atoms with Gasteiger partial charge in [0.1, 0.15) is 0 Å². The first kappa shape index (κ1) is 26.8. The monoisotopic (exact) mass is 574 g/mol. The molecule has 0 fully saturated rings. The Morgan fingerprint density at radius 2 is 1.54 bits per heavy atom. The molecule has 0 saturated heterocycles. The van der Waals surface area contributed by atoms with Crippen LogP contribution in [-0.4, -0.2) is 24.7 Å². The van der Waals surface area contributed by atoms with Crippen molar-refractivity contribution in [3.63, 3.8) is 0 Å². The molecule has 0 amide bonds. The lowest BCUT2D eigenvalue weighted by Gasteiger charge is -2.11. The van der Waals surface area contributed by atoms with Crippen molar-refractivity contribution in [1.82, 2.24) is 19.6 Å². The van der Waals surface area contributed by atoms with Gasteiger partial charge in [-0.3, -0.25) is 9.36 Å². The van der Waals surface area contributed by atoms with Crippen LogP contribution in [0.15, 0.2) is 30.5 Å². The molecular formula is C23H17Cl2F5N6S. The lowest BCUT2D eigenvalue weighted by Crippen LogP contribution is -2.20. The van der Waals surface area contributed by atoms with Crippen LogP contribution < -0.4 is 10.6 Å². The predicted molar refractivity (Wildman–Crippen MR) is 135 cm³/mol. The first-order valence-electron chi connectivity index (χ1n) is 10.6. The number of aromatic nitrogens is 4. The lowest BCUT2D eigenvalue weighted by molar-refractivity contribution is 0.367. The maximum Gasteiger partial charge on any atom is 0.200 e. The van der Waals surface area contributed by atoms with E-state index in [4.69, 9.17) is 35.4 Å². The fourth-order valence-corrected chi connectivity index (χ4v) is 4.25. The molecule has 6 nitrogen and oxygen atoms in total. The third kappa shape index (κ3) is 5.55. The molecule has 0 aliphatic rings. The highest BCUT2D eigenvalue weighted by atomic mass is 35.5. The zero-order valence-corrected chi connectivity index (χ0v) is 21.5. The van der Waals surface area contributed by atoms with E-state index in [-0.39, 0.29) is 10.9 Å². The van der Waals surface area contributed by atoms with Crippen molar-refractivity contribution in [2.75, 3.05) is 10.6 Å². The van der Waals surface area contributed by atoms with Crippen LogP contribution in [0, 0.1) is 42.9 Å². The second-order valence-corrected chi connectivity index (χ2v) is 9.22. The maximum atomic E-state index is 14.0. The smallest absolute Gasteiger partial charge is 0.200 e. The average Bonchev–Trinajstić information content (AvgIpc) is 3.39. The summed E-state index contributed by atoms with van der Waals surface area (Å²) in [6, 6.07) is 6.61. The summed E-state index contributed by atoms with van der Waals surface area (Å²) in [5, 5.41) is 15.5. The molecule has 2 N–H and O–H groups in total. The Labute approximate surface area is 223 Å². The quantitative estimate of drug-likeness (QED) is 0.117. The topological polar surface area (TPSA) is 59.7 Å². The van der Waals surface area contributed by atoms with Crippen LogP contribution >= 0.6 is 35.4 Å². The Hall–Kier alpha value is -3.22. The largest absolute Gasteiger partial charge is 0.329 e. The van der Waals surface area contributed by atoms with Gasteiger partial charge in [0.2, 0.25) is 5.82 Å². The highest BCUT2D eigenvalue weighted by Gasteiger charge is 2.26. The highest BCUT2D eigenvalue weighted by molar-refractivity contribution is 7.80. The summed E-state index contributed by atoms with van der Waals surface area (Å²) in [5.74, 6) is -9.91. The molecule has 0 radical (unpaired) electrons. The van der Waals surface area contributed by atoms with Crippen molar-refractivity contribution in [3.8, 4) is 0 Å². The second-order valence-electron chi connectivity index (χ2n) is 7.97. The number of benzene rings is 2. The van der Waals surface area contributed by atoms with Crippen LogP contribution in [0.3, 0.4) is 0 Å². The number of thiocarbonyl (C=S) groups is 1. The van der Waals surface area contributed by atoms with Gasteiger partial charge in [-0.05, 0) is 43.8 Å². The zero-order valence-electron chi connectivity index (χ0n) is 19.1. The fraction of sp³-hybridized carbons (Fsp3) is 0.174. The molecule has 0 atom stereocenters. The Balaban J connectivity index is 1.45. The molecule has 0 bridgehead atoms. The van der Waals surface area contributed by atoms with Crippen LogP contribution in [0.25, 0.3) is 0 Å². The van der Waals surface area contributed by atoms with E-state index in [0.29, 0.717) is 28.0 Å². The summed E-state index contributed by atoms with van der Waals surface area (Å²) >= 11 is 17.6. The number of aryl methyl sites for hydroxylation is 1. The molecular weight excluding hydrogens is 558 g/mol. The molecule has 0 aliphatic carbocycles. The average molecular weight is 575 g/mol. The lowest BCUT2D eigenvalue weighted by atomic mass is 10.1. The van der Waals surface area contributed by atoms with E-state index < -0.39 is 41.2 Å². The van der Waals surface area contributed by atoms with Crippen LogP contribution in [-0.2, 0) is 13.1 Å². The summed E-state index contributed by atoms with van der Waals surface area (Å²) in [6.07, 6.45) is 1.30.